The molecule has 1 rings (SSSR count). The Bertz CT molecular complexity index is 518. The summed E-state index contributed by atoms with van der Waals surface area (Å²) >= 11 is 0. The first kappa shape index (κ1) is 16.4. The van der Waals surface area contributed by atoms with Gasteiger partial charge in [0.1, 0.15) is 5.82 Å². The molecule has 0 aliphatic carbocycles. The van der Waals surface area contributed by atoms with Gasteiger partial charge in [0.2, 0.25) is 0 Å². The lowest BCUT2D eigenvalue weighted by atomic mass is 10.1. The summed E-state index contributed by atoms with van der Waals surface area (Å²) in [5.41, 5.74) is -0.416. The average molecular weight is 308 g/mol. The lowest BCUT2D eigenvalue weighted by Gasteiger charge is -2.24. The topological polar surface area (TPSA) is 64.8 Å². The Kier molecular flexibility index (Phi) is 5.38. The first-order valence-corrected chi connectivity index (χ1v) is 8.88. The molecular weight excluding hydrogens is 286 g/mol. The van der Waals surface area contributed by atoms with Gasteiger partial charge in [-0.3, -0.25) is 4.57 Å². The van der Waals surface area contributed by atoms with Crippen molar-refractivity contribution in [3.8, 4) is 0 Å². The Morgan fingerprint density at radius 1 is 1.16 bits per heavy atom. The second-order valence-electron chi connectivity index (χ2n) is 5.65. The van der Waals surface area contributed by atoms with Crippen LogP contribution >= 0.6 is 10.7 Å². The molecule has 0 spiro atoms. The molecule has 0 amide bonds. The van der Waals surface area contributed by atoms with Crippen molar-refractivity contribution in [1.82, 2.24) is 14.8 Å². The van der Waals surface area contributed by atoms with Gasteiger partial charge in [-0.05, 0) is 27.2 Å². The van der Waals surface area contributed by atoms with E-state index in [9.17, 15) is 8.42 Å². The summed E-state index contributed by atoms with van der Waals surface area (Å²) in [5.74, 6) is 0.683. The highest BCUT2D eigenvalue weighted by Gasteiger charge is 2.29. The third-order valence-corrected chi connectivity index (χ3v) is 3.96. The zero-order valence-corrected chi connectivity index (χ0v) is 13.6. The van der Waals surface area contributed by atoms with Gasteiger partial charge in [0, 0.05) is 22.6 Å². The van der Waals surface area contributed by atoms with E-state index in [-0.39, 0.29) is 5.16 Å². The van der Waals surface area contributed by atoms with Crippen LogP contribution in [-0.4, -0.2) is 23.2 Å². The Hall–Kier alpha value is -0.620. The molecule has 0 aliphatic heterocycles. The second kappa shape index (κ2) is 6.22. The van der Waals surface area contributed by atoms with Gasteiger partial charge in [0.25, 0.3) is 14.2 Å². The van der Waals surface area contributed by atoms with E-state index in [0.717, 1.165) is 25.7 Å². The van der Waals surface area contributed by atoms with Gasteiger partial charge >= 0.3 is 0 Å². The molecule has 0 saturated heterocycles. The van der Waals surface area contributed by atoms with Crippen molar-refractivity contribution < 1.29 is 8.42 Å². The Labute approximate surface area is 119 Å². The van der Waals surface area contributed by atoms with Crippen LogP contribution in [-0.2, 0) is 21.0 Å². The highest BCUT2D eigenvalue weighted by atomic mass is 35.7. The third-order valence-electron chi connectivity index (χ3n) is 2.84. The second-order valence-corrected chi connectivity index (χ2v) is 8.11. The van der Waals surface area contributed by atoms with E-state index in [0.29, 0.717) is 5.82 Å². The predicted molar refractivity (Wildman–Crippen MR) is 75.9 cm³/mol. The number of hydrogen-bond acceptors (Lipinski definition) is 4. The Balaban J connectivity index is 3.03. The van der Waals surface area contributed by atoms with Crippen molar-refractivity contribution in [2.75, 3.05) is 0 Å². The minimum Gasteiger partial charge on any atom is -0.295 e. The molecule has 0 aromatic carbocycles. The predicted octanol–water partition coefficient (Wildman–Crippen LogP) is 3.08. The SMILES string of the molecule is CCCCCCc1nnc(S(=O)(=O)Cl)n1C(C)(C)C. The van der Waals surface area contributed by atoms with E-state index < -0.39 is 14.6 Å². The molecule has 1 aromatic rings. The molecule has 1 heterocycles. The first-order chi connectivity index (χ1) is 8.68. The maximum absolute atomic E-state index is 11.5. The van der Waals surface area contributed by atoms with Gasteiger partial charge in [0.15, 0.2) is 0 Å². The van der Waals surface area contributed by atoms with Crippen molar-refractivity contribution in [3.05, 3.63) is 5.82 Å². The first-order valence-electron chi connectivity index (χ1n) is 6.57. The summed E-state index contributed by atoms with van der Waals surface area (Å²) in [6, 6.07) is 0. The number of aromatic nitrogens is 3. The Morgan fingerprint density at radius 2 is 1.79 bits per heavy atom. The number of rotatable bonds is 6. The van der Waals surface area contributed by atoms with Gasteiger partial charge < -0.3 is 0 Å². The zero-order chi connectivity index (χ0) is 14.7. The summed E-state index contributed by atoms with van der Waals surface area (Å²) in [6.45, 7) is 7.89. The molecule has 110 valence electrons. The Morgan fingerprint density at radius 3 is 2.26 bits per heavy atom. The lowest BCUT2D eigenvalue weighted by Crippen LogP contribution is -2.27. The van der Waals surface area contributed by atoms with Crippen LogP contribution in [0.5, 0.6) is 0 Å². The quantitative estimate of drug-likeness (QED) is 0.598. The molecule has 0 fully saturated rings. The molecular formula is C12H22ClN3O2S. The van der Waals surface area contributed by atoms with Crippen molar-refractivity contribution in [3.63, 3.8) is 0 Å². The summed E-state index contributed by atoms with van der Waals surface area (Å²) < 4.78 is 24.7. The molecule has 0 atom stereocenters. The van der Waals surface area contributed by atoms with E-state index in [2.05, 4.69) is 17.1 Å². The molecule has 0 N–H and O–H groups in total. The average Bonchev–Trinajstić information content (AvgIpc) is 2.67. The van der Waals surface area contributed by atoms with Crippen LogP contribution in [0.25, 0.3) is 0 Å². The molecule has 0 radical (unpaired) electrons. The van der Waals surface area contributed by atoms with Gasteiger partial charge in [-0.25, -0.2) is 8.42 Å². The summed E-state index contributed by atoms with van der Waals surface area (Å²) in [7, 11) is 1.55. The molecule has 0 aliphatic rings. The highest BCUT2D eigenvalue weighted by Crippen LogP contribution is 2.24. The van der Waals surface area contributed by atoms with Crippen LogP contribution < -0.4 is 0 Å². The molecule has 7 heteroatoms. The standard InChI is InChI=1S/C12H22ClN3O2S/c1-5-6-7-8-9-10-14-15-11(19(13,17)18)16(10)12(2,3)4/h5-9H2,1-4H3. The number of nitrogens with zero attached hydrogens (tertiary/aromatic N) is 3. The van der Waals surface area contributed by atoms with E-state index in [1.165, 1.54) is 6.42 Å². The summed E-state index contributed by atoms with van der Waals surface area (Å²) in [6.07, 6.45) is 5.13. The monoisotopic (exact) mass is 307 g/mol. The minimum atomic E-state index is -3.87. The zero-order valence-electron chi connectivity index (χ0n) is 12.0. The van der Waals surface area contributed by atoms with Crippen LogP contribution in [0.4, 0.5) is 0 Å². The maximum Gasteiger partial charge on any atom is 0.296 e. The number of unbranched alkanes of at least 4 members (excludes halogenated alkanes) is 3. The fourth-order valence-corrected chi connectivity index (χ4v) is 3.04. The molecule has 19 heavy (non-hydrogen) atoms. The largest absolute Gasteiger partial charge is 0.296 e. The van der Waals surface area contributed by atoms with E-state index >= 15 is 0 Å². The van der Waals surface area contributed by atoms with Gasteiger partial charge in [-0.15, -0.1) is 10.2 Å². The fourth-order valence-electron chi connectivity index (χ4n) is 2.00. The van der Waals surface area contributed by atoms with E-state index in [1.807, 2.05) is 20.8 Å². The molecule has 5 nitrogen and oxygen atoms in total. The molecule has 0 unspecified atom stereocenters. The van der Waals surface area contributed by atoms with E-state index in [4.69, 9.17) is 10.7 Å². The van der Waals surface area contributed by atoms with Crippen LogP contribution in [0, 0.1) is 0 Å². The number of aryl methyl sites for hydroxylation is 1. The lowest BCUT2D eigenvalue weighted by molar-refractivity contribution is 0.349. The highest BCUT2D eigenvalue weighted by molar-refractivity contribution is 8.13. The third kappa shape index (κ3) is 4.45. The smallest absolute Gasteiger partial charge is 0.295 e. The maximum atomic E-state index is 11.5. The van der Waals surface area contributed by atoms with Crippen LogP contribution in [0.2, 0.25) is 0 Å². The van der Waals surface area contributed by atoms with Crippen molar-refractivity contribution in [2.45, 2.75) is 70.5 Å². The van der Waals surface area contributed by atoms with Gasteiger partial charge in [-0.1, -0.05) is 26.2 Å². The molecule has 0 saturated carbocycles. The minimum absolute atomic E-state index is 0.160. The summed E-state index contributed by atoms with van der Waals surface area (Å²) in [5, 5.41) is 7.58. The number of halogens is 1. The van der Waals surface area contributed by atoms with Crippen molar-refractivity contribution in [1.29, 1.82) is 0 Å². The van der Waals surface area contributed by atoms with Gasteiger partial charge in [-0.2, -0.15) is 0 Å². The number of hydrogen-bond donors (Lipinski definition) is 0. The fraction of sp³-hybridized carbons (Fsp3) is 0.833. The van der Waals surface area contributed by atoms with Gasteiger partial charge in [0.05, 0.1) is 0 Å². The van der Waals surface area contributed by atoms with Crippen molar-refractivity contribution in [2.24, 2.45) is 0 Å². The van der Waals surface area contributed by atoms with E-state index in [1.54, 1.807) is 4.57 Å². The molecule has 1 aromatic heterocycles. The van der Waals surface area contributed by atoms with Crippen molar-refractivity contribution >= 4 is 19.7 Å². The molecule has 0 bridgehead atoms. The summed E-state index contributed by atoms with van der Waals surface area (Å²) in [4.78, 5) is 0. The van der Waals surface area contributed by atoms with Crippen LogP contribution in [0.1, 0.15) is 59.2 Å². The van der Waals surface area contributed by atoms with Crippen LogP contribution in [0.15, 0.2) is 5.16 Å². The normalized spacial score (nSPS) is 12.9. The van der Waals surface area contributed by atoms with Crippen LogP contribution in [0.3, 0.4) is 0 Å².